The number of morpholine rings is 1. The van der Waals surface area contributed by atoms with E-state index >= 15 is 0 Å². The van der Waals surface area contributed by atoms with Gasteiger partial charge in [0.25, 0.3) is 0 Å². The highest BCUT2D eigenvalue weighted by Crippen LogP contribution is 2.33. The Morgan fingerprint density at radius 1 is 1.38 bits per heavy atom. The smallest absolute Gasteiger partial charge is 0.0619 e. The van der Waals surface area contributed by atoms with Crippen molar-refractivity contribution in [1.82, 2.24) is 10.2 Å². The highest BCUT2D eigenvalue weighted by molar-refractivity contribution is 4.93. The molecule has 1 aliphatic heterocycles. The van der Waals surface area contributed by atoms with Crippen molar-refractivity contribution in [3.05, 3.63) is 0 Å². The van der Waals surface area contributed by atoms with Gasteiger partial charge in [-0.3, -0.25) is 4.90 Å². The Morgan fingerprint density at radius 3 is 2.75 bits per heavy atom. The molecule has 0 aromatic rings. The first kappa shape index (κ1) is 12.3. The van der Waals surface area contributed by atoms with E-state index in [4.69, 9.17) is 4.74 Å². The summed E-state index contributed by atoms with van der Waals surface area (Å²) in [6, 6.07) is 2.04. The Bertz CT molecular complexity index is 220. The van der Waals surface area contributed by atoms with Crippen LogP contribution in [0.15, 0.2) is 0 Å². The second-order valence-electron chi connectivity index (χ2n) is 5.63. The molecule has 3 nitrogen and oxygen atoms in total. The van der Waals surface area contributed by atoms with Crippen LogP contribution < -0.4 is 5.32 Å². The third-order valence-electron chi connectivity index (χ3n) is 4.01. The van der Waals surface area contributed by atoms with E-state index in [2.05, 4.69) is 31.0 Å². The number of hydrogen-bond donors (Lipinski definition) is 1. The molecule has 1 heterocycles. The molecule has 0 bridgehead atoms. The van der Waals surface area contributed by atoms with Crippen LogP contribution in [-0.2, 0) is 4.74 Å². The summed E-state index contributed by atoms with van der Waals surface area (Å²) in [4.78, 5) is 2.67. The Kier molecular flexibility index (Phi) is 4.22. The number of ether oxygens (including phenoxy) is 1. The van der Waals surface area contributed by atoms with Crippen molar-refractivity contribution in [2.75, 3.05) is 26.3 Å². The van der Waals surface area contributed by atoms with Gasteiger partial charge in [-0.1, -0.05) is 13.8 Å². The molecule has 1 saturated heterocycles. The summed E-state index contributed by atoms with van der Waals surface area (Å²) in [6.45, 7) is 10.9. The zero-order valence-corrected chi connectivity index (χ0v) is 10.9. The van der Waals surface area contributed by atoms with Gasteiger partial charge in [0.2, 0.25) is 0 Å². The minimum Gasteiger partial charge on any atom is -0.379 e. The fourth-order valence-corrected chi connectivity index (χ4v) is 2.85. The number of nitrogens with zero attached hydrogens (tertiary/aromatic N) is 1. The van der Waals surface area contributed by atoms with Crippen LogP contribution in [0, 0.1) is 5.92 Å². The van der Waals surface area contributed by atoms with E-state index in [0.29, 0.717) is 12.1 Å². The second-order valence-corrected chi connectivity index (χ2v) is 5.63. The lowest BCUT2D eigenvalue weighted by Gasteiger charge is -2.49. The molecular weight excluding hydrogens is 200 g/mol. The predicted molar refractivity (Wildman–Crippen MR) is 66.6 cm³/mol. The Morgan fingerprint density at radius 2 is 2.19 bits per heavy atom. The average molecular weight is 226 g/mol. The van der Waals surface area contributed by atoms with Crippen LogP contribution >= 0.6 is 0 Å². The Labute approximate surface area is 99.5 Å². The van der Waals surface area contributed by atoms with Crippen LogP contribution in [-0.4, -0.2) is 49.3 Å². The fourth-order valence-electron chi connectivity index (χ4n) is 2.85. The van der Waals surface area contributed by atoms with Gasteiger partial charge < -0.3 is 10.1 Å². The highest BCUT2D eigenvalue weighted by Gasteiger charge is 2.38. The molecule has 0 aromatic heterocycles. The molecule has 0 spiro atoms. The van der Waals surface area contributed by atoms with Gasteiger partial charge in [-0.25, -0.2) is 0 Å². The maximum Gasteiger partial charge on any atom is 0.0619 e. The molecule has 3 heteroatoms. The summed E-state index contributed by atoms with van der Waals surface area (Å²) in [5.41, 5.74) is 0. The molecule has 3 unspecified atom stereocenters. The maximum absolute atomic E-state index is 5.51. The first-order valence-corrected chi connectivity index (χ1v) is 6.75. The van der Waals surface area contributed by atoms with E-state index in [1.54, 1.807) is 0 Å². The lowest BCUT2D eigenvalue weighted by Crippen LogP contribution is -2.57. The predicted octanol–water partition coefficient (Wildman–Crippen LogP) is 1.48. The number of hydrogen-bond acceptors (Lipinski definition) is 3. The van der Waals surface area contributed by atoms with Crippen molar-refractivity contribution < 1.29 is 4.74 Å². The van der Waals surface area contributed by atoms with Crippen LogP contribution in [0.4, 0.5) is 0 Å². The molecule has 1 N–H and O–H groups in total. The minimum absolute atomic E-state index is 0.612. The van der Waals surface area contributed by atoms with Crippen molar-refractivity contribution in [3.63, 3.8) is 0 Å². The molecule has 1 saturated carbocycles. The second kappa shape index (κ2) is 5.48. The molecule has 2 fully saturated rings. The van der Waals surface area contributed by atoms with Crippen molar-refractivity contribution in [2.45, 2.75) is 51.7 Å². The van der Waals surface area contributed by atoms with Gasteiger partial charge >= 0.3 is 0 Å². The van der Waals surface area contributed by atoms with E-state index in [1.165, 1.54) is 19.4 Å². The minimum atomic E-state index is 0.612. The number of nitrogens with one attached hydrogen (secondary N) is 1. The van der Waals surface area contributed by atoms with Crippen molar-refractivity contribution >= 4 is 0 Å². The molecule has 1 aliphatic carbocycles. The molecule has 2 aliphatic rings. The van der Waals surface area contributed by atoms with Crippen LogP contribution in [0.5, 0.6) is 0 Å². The average Bonchev–Trinajstić information content (AvgIpc) is 2.19. The quantitative estimate of drug-likeness (QED) is 0.786. The van der Waals surface area contributed by atoms with Crippen molar-refractivity contribution in [1.29, 1.82) is 0 Å². The van der Waals surface area contributed by atoms with Gasteiger partial charge in [0.1, 0.15) is 0 Å². The third-order valence-corrected chi connectivity index (χ3v) is 4.01. The van der Waals surface area contributed by atoms with E-state index < -0.39 is 0 Å². The van der Waals surface area contributed by atoms with E-state index in [1.807, 2.05) is 0 Å². The first-order chi connectivity index (χ1) is 7.68. The van der Waals surface area contributed by atoms with E-state index in [0.717, 1.165) is 31.7 Å². The van der Waals surface area contributed by atoms with E-state index in [9.17, 15) is 0 Å². The number of rotatable bonds is 4. The maximum atomic E-state index is 5.51. The zero-order valence-electron chi connectivity index (χ0n) is 10.9. The standard InChI is InChI=1S/C13H26N2O/c1-10(2)14-8-12-4-5-13(12)15-6-7-16-9-11(15)3/h10-14H,4-9H2,1-3H3. The molecule has 16 heavy (non-hydrogen) atoms. The van der Waals surface area contributed by atoms with Crippen LogP contribution in [0.25, 0.3) is 0 Å². The topological polar surface area (TPSA) is 24.5 Å². The molecule has 0 radical (unpaired) electrons. The van der Waals surface area contributed by atoms with Crippen molar-refractivity contribution in [2.24, 2.45) is 5.92 Å². The first-order valence-electron chi connectivity index (χ1n) is 6.75. The lowest BCUT2D eigenvalue weighted by molar-refractivity contribution is -0.0590. The van der Waals surface area contributed by atoms with Gasteiger partial charge in [0, 0.05) is 24.7 Å². The molecule has 0 amide bonds. The molecular formula is C13H26N2O. The van der Waals surface area contributed by atoms with Crippen molar-refractivity contribution in [3.8, 4) is 0 Å². The van der Waals surface area contributed by atoms with Gasteiger partial charge in [-0.2, -0.15) is 0 Å². The summed E-state index contributed by atoms with van der Waals surface area (Å²) >= 11 is 0. The van der Waals surface area contributed by atoms with Gasteiger partial charge in [-0.05, 0) is 32.2 Å². The summed E-state index contributed by atoms with van der Waals surface area (Å²) in [5.74, 6) is 0.864. The largest absolute Gasteiger partial charge is 0.379 e. The monoisotopic (exact) mass is 226 g/mol. The van der Waals surface area contributed by atoms with Gasteiger partial charge in [0.15, 0.2) is 0 Å². The van der Waals surface area contributed by atoms with Crippen LogP contribution in [0.3, 0.4) is 0 Å². The SMILES string of the molecule is CC(C)NCC1CCC1N1CCOCC1C. The van der Waals surface area contributed by atoms with Gasteiger partial charge in [-0.15, -0.1) is 0 Å². The van der Waals surface area contributed by atoms with Crippen LogP contribution in [0.2, 0.25) is 0 Å². The fraction of sp³-hybridized carbons (Fsp3) is 1.00. The molecule has 94 valence electrons. The van der Waals surface area contributed by atoms with E-state index in [-0.39, 0.29) is 0 Å². The summed E-state index contributed by atoms with van der Waals surface area (Å²) in [6.07, 6.45) is 2.78. The molecule has 2 rings (SSSR count). The normalized spacial score (nSPS) is 36.4. The Balaban J connectivity index is 1.80. The van der Waals surface area contributed by atoms with Crippen LogP contribution in [0.1, 0.15) is 33.6 Å². The molecule has 0 aromatic carbocycles. The zero-order chi connectivity index (χ0) is 11.5. The Hall–Kier alpha value is -0.120. The summed E-state index contributed by atoms with van der Waals surface area (Å²) in [5, 5.41) is 3.57. The lowest BCUT2D eigenvalue weighted by atomic mass is 9.77. The summed E-state index contributed by atoms with van der Waals surface area (Å²) < 4.78 is 5.51. The summed E-state index contributed by atoms with van der Waals surface area (Å²) in [7, 11) is 0. The highest BCUT2D eigenvalue weighted by atomic mass is 16.5. The third kappa shape index (κ3) is 2.76. The molecule has 3 atom stereocenters. The van der Waals surface area contributed by atoms with Gasteiger partial charge in [0.05, 0.1) is 13.2 Å².